The fourth-order valence-electron chi connectivity index (χ4n) is 2.68. The Hall–Kier alpha value is -1.93. The maximum atomic E-state index is 12.5. The summed E-state index contributed by atoms with van der Waals surface area (Å²) in [5.74, 6) is 0.598. The van der Waals surface area contributed by atoms with Gasteiger partial charge in [0.1, 0.15) is 5.75 Å². The molecule has 0 unspecified atom stereocenters. The first-order valence-corrected chi connectivity index (χ1v) is 10.1. The maximum Gasteiger partial charge on any atom is 0.240 e. The first kappa shape index (κ1) is 17.9. The van der Waals surface area contributed by atoms with Gasteiger partial charge in [-0.25, -0.2) is 13.1 Å². The largest absolute Gasteiger partial charge is 0.497 e. The molecular weight excluding hydrogens is 358 g/mol. The molecule has 1 atom stereocenters. The van der Waals surface area contributed by atoms with Gasteiger partial charge in [0.2, 0.25) is 10.0 Å². The van der Waals surface area contributed by atoms with Crippen molar-refractivity contribution in [3.05, 3.63) is 59.0 Å². The maximum absolute atomic E-state index is 12.5. The van der Waals surface area contributed by atoms with Crippen LogP contribution in [0.5, 0.6) is 5.75 Å². The minimum Gasteiger partial charge on any atom is -0.497 e. The van der Waals surface area contributed by atoms with E-state index in [0.29, 0.717) is 11.3 Å². The molecule has 25 heavy (non-hydrogen) atoms. The highest BCUT2D eigenvalue weighted by molar-refractivity contribution is 7.89. The molecule has 7 heteroatoms. The third kappa shape index (κ3) is 3.69. The topological polar surface area (TPSA) is 75.6 Å². The number of sulfonamides is 1. The van der Waals surface area contributed by atoms with Crippen LogP contribution in [-0.2, 0) is 10.0 Å². The van der Waals surface area contributed by atoms with Crippen LogP contribution in [0.2, 0.25) is 0 Å². The summed E-state index contributed by atoms with van der Waals surface area (Å²) >= 11 is 1.53. The van der Waals surface area contributed by atoms with Crippen molar-refractivity contribution >= 4 is 31.4 Å². The number of rotatable bonds is 6. The van der Waals surface area contributed by atoms with Gasteiger partial charge in [-0.1, -0.05) is 18.2 Å². The SMILES string of the molecule is COc1ccc(S(=O)(=O)NC[C@@H](O)c2csc3ccccc23)c(C)c1. The van der Waals surface area contributed by atoms with E-state index in [4.69, 9.17) is 4.74 Å². The Balaban J connectivity index is 1.78. The number of aliphatic hydroxyl groups is 1. The van der Waals surface area contributed by atoms with Crippen LogP contribution in [0.3, 0.4) is 0 Å². The quantitative estimate of drug-likeness (QED) is 0.692. The smallest absolute Gasteiger partial charge is 0.240 e. The highest BCUT2D eigenvalue weighted by Gasteiger charge is 2.20. The molecule has 0 aliphatic heterocycles. The van der Waals surface area contributed by atoms with Crippen molar-refractivity contribution in [1.82, 2.24) is 4.72 Å². The molecule has 0 saturated heterocycles. The van der Waals surface area contributed by atoms with Crippen molar-refractivity contribution in [3.63, 3.8) is 0 Å². The molecule has 1 heterocycles. The minimum atomic E-state index is -3.72. The molecule has 5 nitrogen and oxygen atoms in total. The molecule has 2 aromatic carbocycles. The van der Waals surface area contributed by atoms with Crippen molar-refractivity contribution in [2.45, 2.75) is 17.9 Å². The molecule has 0 amide bonds. The van der Waals surface area contributed by atoms with E-state index >= 15 is 0 Å². The summed E-state index contributed by atoms with van der Waals surface area (Å²) in [6.07, 6.45) is -0.913. The van der Waals surface area contributed by atoms with Crippen LogP contribution in [0.25, 0.3) is 10.1 Å². The van der Waals surface area contributed by atoms with Gasteiger partial charge in [-0.3, -0.25) is 0 Å². The zero-order chi connectivity index (χ0) is 18.0. The van der Waals surface area contributed by atoms with Crippen LogP contribution in [0.15, 0.2) is 52.7 Å². The number of nitrogens with one attached hydrogen (secondary N) is 1. The Morgan fingerprint density at radius 2 is 2.00 bits per heavy atom. The number of methoxy groups -OCH3 is 1. The predicted octanol–water partition coefficient (Wildman–Crippen LogP) is 3.23. The van der Waals surface area contributed by atoms with E-state index in [1.807, 2.05) is 29.6 Å². The Kier molecular flexibility index (Phi) is 5.10. The summed E-state index contributed by atoms with van der Waals surface area (Å²) in [6, 6.07) is 12.5. The third-order valence-corrected chi connectivity index (χ3v) is 6.57. The summed E-state index contributed by atoms with van der Waals surface area (Å²) < 4.78 is 33.7. The van der Waals surface area contributed by atoms with Crippen molar-refractivity contribution in [1.29, 1.82) is 0 Å². The van der Waals surface area contributed by atoms with E-state index in [-0.39, 0.29) is 11.4 Å². The molecule has 0 bridgehead atoms. The first-order valence-electron chi connectivity index (χ1n) is 7.71. The molecule has 0 aliphatic carbocycles. The standard InChI is InChI=1S/C18H19NO4S2/c1-12-9-13(23-2)7-8-18(12)25(21,22)19-10-16(20)15-11-24-17-6-4-3-5-14(15)17/h3-9,11,16,19-20H,10H2,1-2H3/t16-/m1/s1. The fraction of sp³-hybridized carbons (Fsp3) is 0.222. The lowest BCUT2D eigenvalue weighted by molar-refractivity contribution is 0.184. The normalized spacial score (nSPS) is 13.1. The second kappa shape index (κ2) is 7.13. The zero-order valence-electron chi connectivity index (χ0n) is 13.9. The van der Waals surface area contributed by atoms with Gasteiger partial charge in [0.15, 0.2) is 0 Å². The Morgan fingerprint density at radius 3 is 2.72 bits per heavy atom. The number of aliphatic hydroxyl groups excluding tert-OH is 1. The van der Waals surface area contributed by atoms with E-state index in [2.05, 4.69) is 4.72 Å². The highest BCUT2D eigenvalue weighted by atomic mass is 32.2. The molecule has 0 aliphatic rings. The van der Waals surface area contributed by atoms with E-state index in [1.165, 1.54) is 24.5 Å². The number of ether oxygens (including phenoxy) is 1. The lowest BCUT2D eigenvalue weighted by Gasteiger charge is -2.14. The average Bonchev–Trinajstić information content (AvgIpc) is 3.03. The number of aryl methyl sites for hydroxylation is 1. The summed E-state index contributed by atoms with van der Waals surface area (Å²) in [6.45, 7) is 1.62. The minimum absolute atomic E-state index is 0.0888. The Morgan fingerprint density at radius 1 is 1.24 bits per heavy atom. The van der Waals surface area contributed by atoms with Gasteiger partial charge >= 0.3 is 0 Å². The highest BCUT2D eigenvalue weighted by Crippen LogP contribution is 2.30. The summed E-state index contributed by atoms with van der Waals surface area (Å²) in [5, 5.41) is 13.2. The second-order valence-electron chi connectivity index (χ2n) is 5.69. The number of hydrogen-bond acceptors (Lipinski definition) is 5. The molecule has 2 N–H and O–H groups in total. The van der Waals surface area contributed by atoms with Crippen LogP contribution >= 0.6 is 11.3 Å². The molecular formula is C18H19NO4S2. The van der Waals surface area contributed by atoms with E-state index in [9.17, 15) is 13.5 Å². The monoisotopic (exact) mass is 377 g/mol. The molecule has 3 rings (SSSR count). The van der Waals surface area contributed by atoms with E-state index in [1.54, 1.807) is 19.1 Å². The van der Waals surface area contributed by atoms with E-state index in [0.717, 1.165) is 15.6 Å². The van der Waals surface area contributed by atoms with Crippen LogP contribution < -0.4 is 9.46 Å². The fourth-order valence-corrected chi connectivity index (χ4v) is 4.95. The lowest BCUT2D eigenvalue weighted by Crippen LogP contribution is -2.29. The second-order valence-corrected chi connectivity index (χ2v) is 8.33. The Labute approximate surface area is 150 Å². The van der Waals surface area contributed by atoms with Gasteiger partial charge in [0, 0.05) is 16.8 Å². The molecule has 132 valence electrons. The number of benzene rings is 2. The van der Waals surface area contributed by atoms with Gasteiger partial charge in [0.05, 0.1) is 18.1 Å². The van der Waals surface area contributed by atoms with Gasteiger partial charge in [-0.2, -0.15) is 0 Å². The molecule has 1 aromatic heterocycles. The van der Waals surface area contributed by atoms with Crippen LogP contribution in [0.1, 0.15) is 17.2 Å². The number of fused-ring (bicyclic) bond motifs is 1. The number of hydrogen-bond donors (Lipinski definition) is 2. The van der Waals surface area contributed by atoms with Crippen molar-refractivity contribution in [3.8, 4) is 5.75 Å². The molecule has 0 saturated carbocycles. The Bertz CT molecular complexity index is 995. The van der Waals surface area contributed by atoms with Gasteiger partial charge in [0.25, 0.3) is 0 Å². The van der Waals surface area contributed by atoms with Crippen molar-refractivity contribution in [2.75, 3.05) is 13.7 Å². The van der Waals surface area contributed by atoms with Gasteiger partial charge in [-0.05, 0) is 47.5 Å². The van der Waals surface area contributed by atoms with Crippen molar-refractivity contribution < 1.29 is 18.3 Å². The molecule has 3 aromatic rings. The first-order chi connectivity index (χ1) is 11.9. The molecule has 0 radical (unpaired) electrons. The molecule has 0 spiro atoms. The predicted molar refractivity (Wildman–Crippen MR) is 99.7 cm³/mol. The zero-order valence-corrected chi connectivity index (χ0v) is 15.5. The summed E-state index contributed by atoms with van der Waals surface area (Å²) in [7, 11) is -2.19. The van der Waals surface area contributed by atoms with Gasteiger partial charge < -0.3 is 9.84 Å². The van der Waals surface area contributed by atoms with E-state index < -0.39 is 16.1 Å². The third-order valence-electron chi connectivity index (χ3n) is 4.01. The summed E-state index contributed by atoms with van der Waals surface area (Å²) in [5.41, 5.74) is 1.32. The average molecular weight is 377 g/mol. The number of thiophene rings is 1. The van der Waals surface area contributed by atoms with Crippen LogP contribution in [-0.4, -0.2) is 27.2 Å². The van der Waals surface area contributed by atoms with Gasteiger partial charge in [-0.15, -0.1) is 11.3 Å². The summed E-state index contributed by atoms with van der Waals surface area (Å²) in [4.78, 5) is 0.177. The molecule has 0 fully saturated rings. The van der Waals surface area contributed by atoms with Crippen molar-refractivity contribution in [2.24, 2.45) is 0 Å². The van der Waals surface area contributed by atoms with Crippen LogP contribution in [0.4, 0.5) is 0 Å². The lowest BCUT2D eigenvalue weighted by atomic mass is 10.1. The van der Waals surface area contributed by atoms with Crippen LogP contribution in [0, 0.1) is 6.92 Å².